The molecule has 0 unspecified atom stereocenters. The first kappa shape index (κ1) is 16.6. The zero-order valence-corrected chi connectivity index (χ0v) is 13.8. The Bertz CT molecular complexity index is 542. The van der Waals surface area contributed by atoms with Crippen LogP contribution in [-0.4, -0.2) is 29.5 Å². The number of aromatic amines is 1. The lowest BCUT2D eigenvalue weighted by Crippen LogP contribution is -2.32. The third-order valence-corrected chi connectivity index (χ3v) is 4.39. The van der Waals surface area contributed by atoms with Crippen LogP contribution in [0.2, 0.25) is 0 Å². The van der Waals surface area contributed by atoms with Gasteiger partial charge in [-0.05, 0) is 51.2 Å². The second kappa shape index (κ2) is 7.47. The minimum Gasteiger partial charge on any atom is -0.461 e. The Hall–Kier alpha value is -1.78. The maximum atomic E-state index is 12.0. The van der Waals surface area contributed by atoms with Gasteiger partial charge in [-0.25, -0.2) is 4.79 Å². The van der Waals surface area contributed by atoms with E-state index in [9.17, 15) is 9.59 Å². The fraction of sp³-hybridized carbons (Fsp3) is 0.647. The molecule has 122 valence electrons. The number of hydrogen-bond acceptors (Lipinski definition) is 3. The van der Waals surface area contributed by atoms with Gasteiger partial charge in [-0.1, -0.05) is 12.8 Å². The summed E-state index contributed by atoms with van der Waals surface area (Å²) in [4.78, 5) is 27.0. The summed E-state index contributed by atoms with van der Waals surface area (Å²) in [6.07, 6.45) is 5.72. The normalized spacial score (nSPS) is 15.0. The Kier molecular flexibility index (Phi) is 5.63. The molecular weight excluding hydrogens is 280 g/mol. The van der Waals surface area contributed by atoms with E-state index in [-0.39, 0.29) is 11.9 Å². The summed E-state index contributed by atoms with van der Waals surface area (Å²) in [5.41, 5.74) is 3.38. The summed E-state index contributed by atoms with van der Waals surface area (Å²) >= 11 is 0. The van der Waals surface area contributed by atoms with Crippen LogP contribution in [0.4, 0.5) is 0 Å². The first-order valence-corrected chi connectivity index (χ1v) is 8.17. The summed E-state index contributed by atoms with van der Waals surface area (Å²) in [6, 6.07) is 0.357. The van der Waals surface area contributed by atoms with E-state index < -0.39 is 0 Å². The van der Waals surface area contributed by atoms with Crippen LogP contribution in [0, 0.1) is 13.8 Å². The molecule has 5 heteroatoms. The van der Waals surface area contributed by atoms with Gasteiger partial charge in [-0.2, -0.15) is 0 Å². The van der Waals surface area contributed by atoms with E-state index in [4.69, 9.17) is 4.74 Å². The molecule has 1 heterocycles. The monoisotopic (exact) mass is 306 g/mol. The third-order valence-electron chi connectivity index (χ3n) is 4.39. The van der Waals surface area contributed by atoms with Gasteiger partial charge in [0.2, 0.25) is 5.91 Å². The standard InChI is InChI=1S/C17H26N2O3/c1-4-22-17(21)16-11(2)14(12(3)18-16)9-10-15(20)19-13-7-5-6-8-13/h13,18H,4-10H2,1-3H3,(H,19,20). The van der Waals surface area contributed by atoms with Crippen LogP contribution in [0.1, 0.15) is 66.3 Å². The van der Waals surface area contributed by atoms with Crippen molar-refractivity contribution in [3.05, 3.63) is 22.5 Å². The fourth-order valence-electron chi connectivity index (χ4n) is 3.18. The Balaban J connectivity index is 1.94. The predicted molar refractivity (Wildman–Crippen MR) is 84.9 cm³/mol. The van der Waals surface area contributed by atoms with Crippen LogP contribution in [0.25, 0.3) is 0 Å². The molecule has 2 N–H and O–H groups in total. The number of H-pyrrole nitrogens is 1. The Morgan fingerprint density at radius 2 is 1.95 bits per heavy atom. The van der Waals surface area contributed by atoms with Gasteiger partial charge in [0.1, 0.15) is 5.69 Å². The van der Waals surface area contributed by atoms with Crippen LogP contribution >= 0.6 is 0 Å². The smallest absolute Gasteiger partial charge is 0.355 e. The Morgan fingerprint density at radius 3 is 2.59 bits per heavy atom. The van der Waals surface area contributed by atoms with Crippen LogP contribution in [0.5, 0.6) is 0 Å². The van der Waals surface area contributed by atoms with Crippen LogP contribution in [0.15, 0.2) is 0 Å². The van der Waals surface area contributed by atoms with E-state index >= 15 is 0 Å². The van der Waals surface area contributed by atoms with Gasteiger partial charge in [0.25, 0.3) is 0 Å². The van der Waals surface area contributed by atoms with E-state index in [0.717, 1.165) is 29.7 Å². The van der Waals surface area contributed by atoms with Crippen molar-refractivity contribution in [3.8, 4) is 0 Å². The number of amides is 1. The van der Waals surface area contributed by atoms with Crippen molar-refractivity contribution in [1.29, 1.82) is 0 Å². The van der Waals surface area contributed by atoms with E-state index in [1.807, 2.05) is 13.8 Å². The zero-order valence-electron chi connectivity index (χ0n) is 13.8. The Labute approximate surface area is 131 Å². The van der Waals surface area contributed by atoms with Gasteiger partial charge < -0.3 is 15.0 Å². The molecule has 1 aromatic rings. The summed E-state index contributed by atoms with van der Waals surface area (Å²) in [6.45, 7) is 5.98. The number of ether oxygens (including phenoxy) is 1. The van der Waals surface area contributed by atoms with Crippen molar-refractivity contribution < 1.29 is 14.3 Å². The molecule has 22 heavy (non-hydrogen) atoms. The van der Waals surface area contributed by atoms with Crippen LogP contribution in [0.3, 0.4) is 0 Å². The van der Waals surface area contributed by atoms with Crippen molar-refractivity contribution in [3.63, 3.8) is 0 Å². The highest BCUT2D eigenvalue weighted by Gasteiger charge is 2.20. The van der Waals surface area contributed by atoms with Gasteiger partial charge in [-0.15, -0.1) is 0 Å². The van der Waals surface area contributed by atoms with Gasteiger partial charge in [-0.3, -0.25) is 4.79 Å². The minimum atomic E-state index is -0.329. The molecule has 0 atom stereocenters. The highest BCUT2D eigenvalue weighted by Crippen LogP contribution is 2.21. The molecular formula is C17H26N2O3. The highest BCUT2D eigenvalue weighted by atomic mass is 16.5. The number of carbonyl (C=O) groups excluding carboxylic acids is 2. The number of rotatable bonds is 6. The van der Waals surface area contributed by atoms with Crippen LogP contribution in [-0.2, 0) is 16.0 Å². The second-order valence-corrected chi connectivity index (χ2v) is 6.00. The molecule has 0 aromatic carbocycles. The summed E-state index contributed by atoms with van der Waals surface area (Å²) in [5, 5.41) is 3.10. The molecule has 0 bridgehead atoms. The maximum Gasteiger partial charge on any atom is 0.355 e. The van der Waals surface area contributed by atoms with Crippen molar-refractivity contribution in [1.82, 2.24) is 10.3 Å². The second-order valence-electron chi connectivity index (χ2n) is 6.00. The van der Waals surface area contributed by atoms with Crippen molar-refractivity contribution in [2.24, 2.45) is 0 Å². The van der Waals surface area contributed by atoms with E-state index in [2.05, 4.69) is 10.3 Å². The average molecular weight is 306 g/mol. The molecule has 1 saturated carbocycles. The van der Waals surface area contributed by atoms with Gasteiger partial charge >= 0.3 is 5.97 Å². The lowest BCUT2D eigenvalue weighted by atomic mass is 10.0. The largest absolute Gasteiger partial charge is 0.461 e. The number of carbonyl (C=O) groups is 2. The van der Waals surface area contributed by atoms with Crippen LogP contribution < -0.4 is 5.32 Å². The maximum absolute atomic E-state index is 12.0. The number of hydrogen-bond donors (Lipinski definition) is 2. The highest BCUT2D eigenvalue weighted by molar-refractivity contribution is 5.90. The van der Waals surface area contributed by atoms with Crippen molar-refractivity contribution >= 4 is 11.9 Å². The molecule has 1 aliphatic rings. The number of nitrogens with one attached hydrogen (secondary N) is 2. The van der Waals surface area contributed by atoms with Gasteiger partial charge in [0.05, 0.1) is 6.61 Å². The number of aromatic nitrogens is 1. The first-order chi connectivity index (χ1) is 10.5. The van der Waals surface area contributed by atoms with E-state index in [1.54, 1.807) is 6.92 Å². The summed E-state index contributed by atoms with van der Waals surface area (Å²) in [5.74, 6) is -0.227. The topological polar surface area (TPSA) is 71.2 Å². The molecule has 1 aliphatic carbocycles. The number of esters is 1. The minimum absolute atomic E-state index is 0.101. The van der Waals surface area contributed by atoms with Gasteiger partial charge in [0.15, 0.2) is 0 Å². The molecule has 2 rings (SSSR count). The lowest BCUT2D eigenvalue weighted by Gasteiger charge is -2.11. The quantitative estimate of drug-likeness (QED) is 0.794. The molecule has 5 nitrogen and oxygen atoms in total. The van der Waals surface area contributed by atoms with Crippen molar-refractivity contribution in [2.45, 2.75) is 65.3 Å². The molecule has 0 radical (unpaired) electrons. The SMILES string of the molecule is CCOC(=O)c1[nH]c(C)c(CCC(=O)NC2CCCC2)c1C. The zero-order chi connectivity index (χ0) is 16.1. The average Bonchev–Trinajstić information content (AvgIpc) is 3.06. The van der Waals surface area contributed by atoms with Gasteiger partial charge in [0, 0.05) is 18.2 Å². The third kappa shape index (κ3) is 3.90. The molecule has 1 amide bonds. The molecule has 1 fully saturated rings. The predicted octanol–water partition coefficient (Wildman–Crippen LogP) is 2.80. The molecule has 0 aliphatic heterocycles. The Morgan fingerprint density at radius 1 is 1.27 bits per heavy atom. The summed E-state index contributed by atoms with van der Waals surface area (Å²) in [7, 11) is 0. The number of aryl methyl sites for hydroxylation is 1. The lowest BCUT2D eigenvalue weighted by molar-refractivity contribution is -0.121. The fourth-order valence-corrected chi connectivity index (χ4v) is 3.18. The molecule has 0 spiro atoms. The molecule has 1 aromatic heterocycles. The summed E-state index contributed by atoms with van der Waals surface area (Å²) < 4.78 is 5.04. The van der Waals surface area contributed by atoms with E-state index in [0.29, 0.717) is 31.2 Å². The first-order valence-electron chi connectivity index (χ1n) is 8.17. The van der Waals surface area contributed by atoms with Crippen molar-refractivity contribution in [2.75, 3.05) is 6.61 Å². The van der Waals surface area contributed by atoms with E-state index in [1.165, 1.54) is 12.8 Å². The molecule has 0 saturated heterocycles.